The Labute approximate surface area is 129 Å². The van der Waals surface area contributed by atoms with Gasteiger partial charge in [-0.15, -0.1) is 0 Å². The van der Waals surface area contributed by atoms with Crippen molar-refractivity contribution in [3.05, 3.63) is 24.3 Å². The van der Waals surface area contributed by atoms with Crippen LogP contribution in [0.4, 0.5) is 5.69 Å². The highest BCUT2D eigenvalue weighted by molar-refractivity contribution is 5.49. The molecule has 21 heavy (non-hydrogen) atoms. The number of hydrogen-bond donors (Lipinski definition) is 1. The van der Waals surface area contributed by atoms with Crippen molar-refractivity contribution in [1.29, 1.82) is 0 Å². The molecule has 0 saturated carbocycles. The van der Waals surface area contributed by atoms with E-state index in [0.717, 1.165) is 44.3 Å². The van der Waals surface area contributed by atoms with Gasteiger partial charge in [0, 0.05) is 30.9 Å². The van der Waals surface area contributed by atoms with Crippen molar-refractivity contribution in [2.45, 2.75) is 46.1 Å². The highest BCUT2D eigenvalue weighted by Crippen LogP contribution is 2.25. The summed E-state index contributed by atoms with van der Waals surface area (Å²) >= 11 is 0. The smallest absolute Gasteiger partial charge is 0.119 e. The third-order valence-corrected chi connectivity index (χ3v) is 3.88. The minimum Gasteiger partial charge on any atom is -0.494 e. The van der Waals surface area contributed by atoms with E-state index in [1.807, 2.05) is 0 Å². The second kappa shape index (κ2) is 7.17. The molecule has 3 nitrogen and oxygen atoms in total. The lowest BCUT2D eigenvalue weighted by Gasteiger charge is -2.24. The maximum Gasteiger partial charge on any atom is 0.119 e. The third kappa shape index (κ3) is 5.24. The van der Waals surface area contributed by atoms with E-state index in [1.54, 1.807) is 0 Å². The van der Waals surface area contributed by atoms with Gasteiger partial charge in [-0.3, -0.25) is 0 Å². The SMILES string of the molecule is CCCOc1ccc(N2CCC(CNC(C)(C)C)C2)cc1. The zero-order valence-electron chi connectivity index (χ0n) is 14.0. The zero-order chi connectivity index (χ0) is 15.3. The van der Waals surface area contributed by atoms with Crippen LogP contribution < -0.4 is 15.0 Å². The van der Waals surface area contributed by atoms with E-state index in [9.17, 15) is 0 Å². The molecule has 0 aromatic heterocycles. The summed E-state index contributed by atoms with van der Waals surface area (Å²) in [6.45, 7) is 13.0. The molecule has 3 heteroatoms. The number of nitrogens with one attached hydrogen (secondary N) is 1. The van der Waals surface area contributed by atoms with Crippen LogP contribution in [0.25, 0.3) is 0 Å². The summed E-state index contributed by atoms with van der Waals surface area (Å²) in [5.41, 5.74) is 1.53. The Kier molecular flexibility index (Phi) is 5.51. The number of anilines is 1. The first-order valence-corrected chi connectivity index (χ1v) is 8.21. The Balaban J connectivity index is 1.83. The van der Waals surface area contributed by atoms with Crippen LogP contribution in [-0.4, -0.2) is 31.8 Å². The van der Waals surface area contributed by atoms with Crippen LogP contribution in [0, 0.1) is 5.92 Å². The summed E-state index contributed by atoms with van der Waals surface area (Å²) in [5, 5.41) is 3.62. The van der Waals surface area contributed by atoms with Crippen LogP contribution in [-0.2, 0) is 0 Å². The van der Waals surface area contributed by atoms with Gasteiger partial charge in [0.25, 0.3) is 0 Å². The molecule has 1 fully saturated rings. The van der Waals surface area contributed by atoms with E-state index >= 15 is 0 Å². The lowest BCUT2D eigenvalue weighted by atomic mass is 10.1. The number of hydrogen-bond acceptors (Lipinski definition) is 3. The summed E-state index contributed by atoms with van der Waals surface area (Å²) in [6.07, 6.45) is 2.33. The quantitative estimate of drug-likeness (QED) is 0.865. The Bertz CT molecular complexity index is 422. The van der Waals surface area contributed by atoms with Gasteiger partial charge in [0.2, 0.25) is 0 Å². The zero-order valence-corrected chi connectivity index (χ0v) is 14.0. The standard InChI is InChI=1S/C18H30N2O/c1-5-12-21-17-8-6-16(7-9-17)20-11-10-15(14-20)13-19-18(2,3)4/h6-9,15,19H,5,10-14H2,1-4H3. The molecule has 0 aliphatic carbocycles. The van der Waals surface area contributed by atoms with Gasteiger partial charge in [-0.25, -0.2) is 0 Å². The van der Waals surface area contributed by atoms with Crippen molar-refractivity contribution < 1.29 is 4.74 Å². The summed E-state index contributed by atoms with van der Waals surface area (Å²) in [6, 6.07) is 8.55. The minimum absolute atomic E-state index is 0.214. The van der Waals surface area contributed by atoms with Gasteiger partial charge in [0.05, 0.1) is 6.61 Å². The van der Waals surface area contributed by atoms with Crippen molar-refractivity contribution in [2.75, 3.05) is 31.1 Å². The molecule has 1 aliphatic rings. The summed E-state index contributed by atoms with van der Waals surface area (Å²) in [5.74, 6) is 1.73. The molecule has 0 amide bonds. The normalized spacial score (nSPS) is 19.0. The largest absolute Gasteiger partial charge is 0.494 e. The average Bonchev–Trinajstić information content (AvgIpc) is 2.92. The fourth-order valence-electron chi connectivity index (χ4n) is 2.66. The maximum absolute atomic E-state index is 5.64. The minimum atomic E-state index is 0.214. The first-order chi connectivity index (χ1) is 9.98. The van der Waals surface area contributed by atoms with Crippen molar-refractivity contribution in [1.82, 2.24) is 5.32 Å². The molecule has 0 spiro atoms. The molecule has 1 atom stereocenters. The number of benzene rings is 1. The molecular formula is C18H30N2O. The lowest BCUT2D eigenvalue weighted by Crippen LogP contribution is -2.39. The van der Waals surface area contributed by atoms with Crippen molar-refractivity contribution in [2.24, 2.45) is 5.92 Å². The van der Waals surface area contributed by atoms with E-state index in [-0.39, 0.29) is 5.54 Å². The predicted octanol–water partition coefficient (Wildman–Crippen LogP) is 3.69. The van der Waals surface area contributed by atoms with Gasteiger partial charge in [0.1, 0.15) is 5.75 Å². The van der Waals surface area contributed by atoms with Gasteiger partial charge in [0.15, 0.2) is 0 Å². The van der Waals surface area contributed by atoms with Crippen molar-refractivity contribution in [3.63, 3.8) is 0 Å². The van der Waals surface area contributed by atoms with Crippen LogP contribution in [0.2, 0.25) is 0 Å². The van der Waals surface area contributed by atoms with E-state index in [1.165, 1.54) is 12.1 Å². The van der Waals surface area contributed by atoms with E-state index in [4.69, 9.17) is 4.74 Å². The molecule has 0 radical (unpaired) electrons. The highest BCUT2D eigenvalue weighted by Gasteiger charge is 2.23. The van der Waals surface area contributed by atoms with E-state index in [0.29, 0.717) is 0 Å². The van der Waals surface area contributed by atoms with Crippen LogP contribution in [0.5, 0.6) is 5.75 Å². The topological polar surface area (TPSA) is 24.5 Å². The molecule has 1 heterocycles. The lowest BCUT2D eigenvalue weighted by molar-refractivity contribution is 0.317. The molecule has 1 N–H and O–H groups in total. The van der Waals surface area contributed by atoms with Gasteiger partial charge in [-0.05, 0) is 63.8 Å². The third-order valence-electron chi connectivity index (χ3n) is 3.88. The predicted molar refractivity (Wildman–Crippen MR) is 90.3 cm³/mol. The van der Waals surface area contributed by atoms with Crippen LogP contribution >= 0.6 is 0 Å². The molecule has 1 aliphatic heterocycles. The Morgan fingerprint density at radius 2 is 1.95 bits per heavy atom. The fraction of sp³-hybridized carbons (Fsp3) is 0.667. The van der Waals surface area contributed by atoms with Crippen molar-refractivity contribution >= 4 is 5.69 Å². The highest BCUT2D eigenvalue weighted by atomic mass is 16.5. The monoisotopic (exact) mass is 290 g/mol. The second-order valence-electron chi connectivity index (χ2n) is 7.07. The summed E-state index contributed by atoms with van der Waals surface area (Å²) in [7, 11) is 0. The van der Waals surface area contributed by atoms with Gasteiger partial charge in [-0.2, -0.15) is 0 Å². The molecule has 1 saturated heterocycles. The maximum atomic E-state index is 5.64. The summed E-state index contributed by atoms with van der Waals surface area (Å²) in [4.78, 5) is 2.48. The second-order valence-corrected chi connectivity index (χ2v) is 7.07. The van der Waals surface area contributed by atoms with Crippen LogP contribution in [0.1, 0.15) is 40.5 Å². The van der Waals surface area contributed by atoms with Crippen LogP contribution in [0.15, 0.2) is 24.3 Å². The Morgan fingerprint density at radius 1 is 1.24 bits per heavy atom. The fourth-order valence-corrected chi connectivity index (χ4v) is 2.66. The Hall–Kier alpha value is -1.22. The van der Waals surface area contributed by atoms with Gasteiger partial charge < -0.3 is 15.0 Å². The number of nitrogens with zero attached hydrogens (tertiary/aromatic N) is 1. The Morgan fingerprint density at radius 3 is 2.57 bits per heavy atom. The van der Waals surface area contributed by atoms with E-state index < -0.39 is 0 Å². The molecule has 1 unspecified atom stereocenters. The summed E-state index contributed by atoms with van der Waals surface area (Å²) < 4.78 is 5.64. The molecule has 1 aromatic carbocycles. The van der Waals surface area contributed by atoms with Crippen LogP contribution in [0.3, 0.4) is 0 Å². The molecule has 118 valence electrons. The molecular weight excluding hydrogens is 260 g/mol. The van der Waals surface area contributed by atoms with Gasteiger partial charge >= 0.3 is 0 Å². The number of ether oxygens (including phenoxy) is 1. The first-order valence-electron chi connectivity index (χ1n) is 8.21. The van der Waals surface area contributed by atoms with E-state index in [2.05, 4.69) is 62.2 Å². The number of rotatable bonds is 6. The molecule has 0 bridgehead atoms. The average molecular weight is 290 g/mol. The first kappa shape index (κ1) is 16.2. The molecule has 1 aromatic rings. The van der Waals surface area contributed by atoms with Crippen molar-refractivity contribution in [3.8, 4) is 5.75 Å². The van der Waals surface area contributed by atoms with Gasteiger partial charge in [-0.1, -0.05) is 6.92 Å². The molecule has 2 rings (SSSR count).